The second-order valence-corrected chi connectivity index (χ2v) is 5.88. The van der Waals surface area contributed by atoms with Crippen LogP contribution in [0.25, 0.3) is 0 Å². The van der Waals surface area contributed by atoms with Gasteiger partial charge in [-0.15, -0.1) is 12.4 Å². The monoisotopic (exact) mass is 294 g/mol. The van der Waals surface area contributed by atoms with E-state index in [4.69, 9.17) is 0 Å². The minimum Gasteiger partial charge on any atom is -0.335 e. The molecule has 0 spiro atoms. The average molecular weight is 295 g/mol. The van der Waals surface area contributed by atoms with E-state index in [-0.39, 0.29) is 18.3 Å². The van der Waals surface area contributed by atoms with Crippen LogP contribution in [0.5, 0.6) is 0 Å². The van der Waals surface area contributed by atoms with Crippen LogP contribution < -0.4 is 5.32 Å². The Labute approximate surface area is 127 Å². The molecule has 1 unspecified atom stereocenters. The summed E-state index contributed by atoms with van der Waals surface area (Å²) in [5.41, 5.74) is 1.23. The lowest BCUT2D eigenvalue weighted by Gasteiger charge is -2.36. The van der Waals surface area contributed by atoms with Crippen molar-refractivity contribution >= 4 is 18.3 Å². The fourth-order valence-electron chi connectivity index (χ4n) is 2.73. The lowest BCUT2D eigenvalue weighted by atomic mass is 9.99. The first kappa shape index (κ1) is 15.3. The molecule has 1 saturated heterocycles. The normalized spacial score (nSPS) is 19.6. The van der Waals surface area contributed by atoms with Gasteiger partial charge >= 0.3 is 0 Å². The summed E-state index contributed by atoms with van der Waals surface area (Å²) in [6.45, 7) is 4.67. The highest BCUT2D eigenvalue weighted by molar-refractivity contribution is 5.85. The van der Waals surface area contributed by atoms with Gasteiger partial charge in [0.1, 0.15) is 0 Å². The highest BCUT2D eigenvalue weighted by atomic mass is 35.5. The van der Waals surface area contributed by atoms with Crippen molar-refractivity contribution in [3.8, 4) is 0 Å². The van der Waals surface area contributed by atoms with Gasteiger partial charge in [-0.2, -0.15) is 0 Å². The summed E-state index contributed by atoms with van der Waals surface area (Å²) in [6.07, 6.45) is 2.56. The number of halogens is 1. The zero-order valence-corrected chi connectivity index (χ0v) is 12.7. The molecule has 1 aromatic carbocycles. The van der Waals surface area contributed by atoms with E-state index in [0.29, 0.717) is 11.9 Å². The van der Waals surface area contributed by atoms with E-state index in [0.717, 1.165) is 25.6 Å². The molecule has 1 amide bonds. The van der Waals surface area contributed by atoms with Crippen LogP contribution in [0.1, 0.15) is 25.3 Å². The SMILES string of the molecule is CC(C1CC1)N(Cc1ccccc1)C(=O)C1CNC1.Cl. The Balaban J connectivity index is 0.00000147. The maximum absolute atomic E-state index is 12.6. The van der Waals surface area contributed by atoms with Gasteiger partial charge in [-0.3, -0.25) is 4.79 Å². The summed E-state index contributed by atoms with van der Waals surface area (Å²) in [7, 11) is 0. The first-order chi connectivity index (χ1) is 9.25. The molecule has 1 aliphatic heterocycles. The van der Waals surface area contributed by atoms with Crippen molar-refractivity contribution in [1.29, 1.82) is 0 Å². The number of hydrogen-bond donors (Lipinski definition) is 1. The lowest BCUT2D eigenvalue weighted by molar-refractivity contribution is -0.140. The first-order valence-corrected chi connectivity index (χ1v) is 7.31. The number of nitrogens with one attached hydrogen (secondary N) is 1. The van der Waals surface area contributed by atoms with Gasteiger partial charge in [0.15, 0.2) is 0 Å². The quantitative estimate of drug-likeness (QED) is 0.905. The number of carbonyl (C=O) groups excluding carboxylic acids is 1. The van der Waals surface area contributed by atoms with Crippen LogP contribution in [-0.2, 0) is 11.3 Å². The zero-order valence-electron chi connectivity index (χ0n) is 11.9. The van der Waals surface area contributed by atoms with Crippen molar-refractivity contribution in [2.24, 2.45) is 11.8 Å². The summed E-state index contributed by atoms with van der Waals surface area (Å²) < 4.78 is 0. The molecule has 1 saturated carbocycles. The Morgan fingerprint density at radius 2 is 1.95 bits per heavy atom. The Morgan fingerprint density at radius 3 is 2.45 bits per heavy atom. The molecule has 1 aromatic rings. The second-order valence-electron chi connectivity index (χ2n) is 5.88. The Hall–Kier alpha value is -1.06. The molecule has 110 valence electrons. The number of benzene rings is 1. The van der Waals surface area contributed by atoms with Crippen LogP contribution in [0.3, 0.4) is 0 Å². The molecule has 0 aromatic heterocycles. The average Bonchev–Trinajstić information content (AvgIpc) is 3.18. The van der Waals surface area contributed by atoms with Crippen molar-refractivity contribution in [3.05, 3.63) is 35.9 Å². The van der Waals surface area contributed by atoms with Crippen molar-refractivity contribution in [2.75, 3.05) is 13.1 Å². The van der Waals surface area contributed by atoms with Crippen molar-refractivity contribution in [3.63, 3.8) is 0 Å². The maximum atomic E-state index is 12.6. The minimum absolute atomic E-state index is 0. The molecule has 3 nitrogen and oxygen atoms in total. The van der Waals surface area contributed by atoms with Crippen LogP contribution in [0.15, 0.2) is 30.3 Å². The van der Waals surface area contributed by atoms with E-state index < -0.39 is 0 Å². The Morgan fingerprint density at radius 1 is 1.30 bits per heavy atom. The topological polar surface area (TPSA) is 32.3 Å². The lowest BCUT2D eigenvalue weighted by Crippen LogP contribution is -2.54. The van der Waals surface area contributed by atoms with Crippen LogP contribution in [0.4, 0.5) is 0 Å². The number of rotatable bonds is 5. The van der Waals surface area contributed by atoms with E-state index in [1.165, 1.54) is 18.4 Å². The first-order valence-electron chi connectivity index (χ1n) is 7.31. The van der Waals surface area contributed by atoms with Gasteiger partial charge < -0.3 is 10.2 Å². The Bertz CT molecular complexity index is 443. The zero-order chi connectivity index (χ0) is 13.2. The molecular weight excluding hydrogens is 272 g/mol. The molecular formula is C16H23ClN2O. The number of carbonyl (C=O) groups is 1. The Kier molecular flexibility index (Phi) is 5.06. The molecule has 1 atom stereocenters. The smallest absolute Gasteiger partial charge is 0.228 e. The third-order valence-corrected chi connectivity index (χ3v) is 4.41. The summed E-state index contributed by atoms with van der Waals surface area (Å²) in [5.74, 6) is 1.26. The molecule has 1 aliphatic carbocycles. The predicted molar refractivity (Wildman–Crippen MR) is 82.8 cm³/mol. The van der Waals surface area contributed by atoms with Gasteiger partial charge in [0.05, 0.1) is 5.92 Å². The van der Waals surface area contributed by atoms with Crippen LogP contribution >= 0.6 is 12.4 Å². The molecule has 1 N–H and O–H groups in total. The van der Waals surface area contributed by atoms with E-state index in [1.54, 1.807) is 0 Å². The van der Waals surface area contributed by atoms with Crippen LogP contribution in [0, 0.1) is 11.8 Å². The molecule has 20 heavy (non-hydrogen) atoms. The van der Waals surface area contributed by atoms with Gasteiger partial charge in [-0.05, 0) is 31.2 Å². The molecule has 0 radical (unpaired) electrons. The van der Waals surface area contributed by atoms with E-state index in [1.807, 2.05) is 18.2 Å². The molecule has 4 heteroatoms. The van der Waals surface area contributed by atoms with Crippen molar-refractivity contribution in [2.45, 2.75) is 32.4 Å². The highest BCUT2D eigenvalue weighted by Crippen LogP contribution is 2.36. The number of amides is 1. The summed E-state index contributed by atoms with van der Waals surface area (Å²) in [6, 6.07) is 10.7. The summed E-state index contributed by atoms with van der Waals surface area (Å²) in [4.78, 5) is 14.7. The molecule has 1 heterocycles. The number of nitrogens with zero attached hydrogens (tertiary/aromatic N) is 1. The summed E-state index contributed by atoms with van der Waals surface area (Å²) in [5, 5.41) is 3.20. The second kappa shape index (κ2) is 6.59. The van der Waals surface area contributed by atoms with Gasteiger partial charge in [0.25, 0.3) is 0 Å². The molecule has 0 bridgehead atoms. The maximum Gasteiger partial charge on any atom is 0.228 e. The predicted octanol–water partition coefficient (Wildman–Crippen LogP) is 2.45. The standard InChI is InChI=1S/C16H22N2O.ClH/c1-12(14-7-8-14)18(16(19)15-9-17-10-15)11-13-5-3-2-4-6-13;/h2-6,12,14-15,17H,7-11H2,1H3;1H. The van der Waals surface area contributed by atoms with E-state index in [9.17, 15) is 4.79 Å². The van der Waals surface area contributed by atoms with Crippen LogP contribution in [-0.4, -0.2) is 29.9 Å². The number of hydrogen-bond acceptors (Lipinski definition) is 2. The molecule has 2 fully saturated rings. The molecule has 3 rings (SSSR count). The van der Waals surface area contributed by atoms with E-state index >= 15 is 0 Å². The fraction of sp³-hybridized carbons (Fsp3) is 0.562. The minimum atomic E-state index is 0. The third kappa shape index (κ3) is 3.33. The fourth-order valence-corrected chi connectivity index (χ4v) is 2.73. The van der Waals surface area contributed by atoms with Gasteiger partial charge in [-0.1, -0.05) is 30.3 Å². The van der Waals surface area contributed by atoms with Gasteiger partial charge in [0, 0.05) is 25.7 Å². The molecule has 2 aliphatic rings. The van der Waals surface area contributed by atoms with Crippen molar-refractivity contribution < 1.29 is 4.79 Å². The van der Waals surface area contributed by atoms with Gasteiger partial charge in [-0.25, -0.2) is 0 Å². The third-order valence-electron chi connectivity index (χ3n) is 4.41. The largest absolute Gasteiger partial charge is 0.335 e. The van der Waals surface area contributed by atoms with E-state index in [2.05, 4.69) is 29.3 Å². The summed E-state index contributed by atoms with van der Waals surface area (Å²) >= 11 is 0. The van der Waals surface area contributed by atoms with Gasteiger partial charge in [0.2, 0.25) is 5.91 Å². The van der Waals surface area contributed by atoms with Crippen molar-refractivity contribution in [1.82, 2.24) is 10.2 Å². The highest BCUT2D eigenvalue weighted by Gasteiger charge is 2.37. The van der Waals surface area contributed by atoms with Crippen LogP contribution in [0.2, 0.25) is 0 Å².